The normalized spacial score (nSPS) is 13.2. The molecule has 6 heteroatoms. The van der Waals surface area contributed by atoms with Gasteiger partial charge in [0, 0.05) is 12.2 Å². The first-order valence-corrected chi connectivity index (χ1v) is 7.54. The number of hydrogen-bond donors (Lipinski definition) is 0. The van der Waals surface area contributed by atoms with E-state index in [9.17, 15) is 18.8 Å². The molecular formula is C18H15FN2O3. The molecule has 0 aromatic heterocycles. The molecule has 1 aliphatic rings. The standard InChI is InChI=1S/C18H15FN2O3/c1-2-20(13-9-7-12(19)8-10-13)16(22)11-21-17(23)14-5-3-4-6-15(14)18(21)24/h3-10H,2,11H2,1H3. The summed E-state index contributed by atoms with van der Waals surface area (Å²) < 4.78 is 13.0. The van der Waals surface area contributed by atoms with Crippen LogP contribution in [0.25, 0.3) is 0 Å². The Labute approximate surface area is 138 Å². The lowest BCUT2D eigenvalue weighted by Gasteiger charge is -2.23. The second-order valence-electron chi connectivity index (χ2n) is 5.36. The fourth-order valence-corrected chi connectivity index (χ4v) is 2.73. The highest BCUT2D eigenvalue weighted by Crippen LogP contribution is 2.23. The van der Waals surface area contributed by atoms with Crippen LogP contribution in [-0.2, 0) is 4.79 Å². The summed E-state index contributed by atoms with van der Waals surface area (Å²) in [5.41, 5.74) is 1.13. The Bertz CT molecular complexity index is 782. The van der Waals surface area contributed by atoms with Crippen molar-refractivity contribution in [3.63, 3.8) is 0 Å². The Morgan fingerprint density at radius 2 is 1.54 bits per heavy atom. The van der Waals surface area contributed by atoms with Crippen molar-refractivity contribution in [2.75, 3.05) is 18.0 Å². The summed E-state index contributed by atoms with van der Waals surface area (Å²) >= 11 is 0. The Morgan fingerprint density at radius 3 is 2.04 bits per heavy atom. The highest BCUT2D eigenvalue weighted by molar-refractivity contribution is 6.22. The number of fused-ring (bicyclic) bond motifs is 1. The predicted octanol–water partition coefficient (Wildman–Crippen LogP) is 2.47. The number of carbonyl (C=O) groups excluding carboxylic acids is 3. The van der Waals surface area contributed by atoms with Gasteiger partial charge in [0.15, 0.2) is 0 Å². The number of rotatable bonds is 4. The first-order valence-electron chi connectivity index (χ1n) is 7.54. The van der Waals surface area contributed by atoms with Gasteiger partial charge < -0.3 is 4.90 Å². The van der Waals surface area contributed by atoms with Gasteiger partial charge in [0.1, 0.15) is 12.4 Å². The molecular weight excluding hydrogens is 311 g/mol. The lowest BCUT2D eigenvalue weighted by atomic mass is 10.1. The van der Waals surface area contributed by atoms with E-state index in [1.165, 1.54) is 29.2 Å². The molecule has 3 rings (SSSR count). The molecule has 0 fully saturated rings. The van der Waals surface area contributed by atoms with E-state index in [4.69, 9.17) is 0 Å². The van der Waals surface area contributed by atoms with E-state index >= 15 is 0 Å². The SMILES string of the molecule is CCN(C(=O)CN1C(=O)c2ccccc2C1=O)c1ccc(F)cc1. The number of nitrogens with zero attached hydrogens (tertiary/aromatic N) is 2. The predicted molar refractivity (Wildman–Crippen MR) is 86.2 cm³/mol. The number of benzene rings is 2. The third-order valence-corrected chi connectivity index (χ3v) is 3.93. The number of amides is 3. The topological polar surface area (TPSA) is 57.7 Å². The number of halogens is 1. The quantitative estimate of drug-likeness (QED) is 0.811. The van der Waals surface area contributed by atoms with Crippen LogP contribution in [0.2, 0.25) is 0 Å². The Kier molecular flexibility index (Phi) is 4.12. The van der Waals surface area contributed by atoms with Crippen LogP contribution in [0.15, 0.2) is 48.5 Å². The van der Waals surface area contributed by atoms with E-state index in [0.29, 0.717) is 23.4 Å². The zero-order valence-corrected chi connectivity index (χ0v) is 13.0. The van der Waals surface area contributed by atoms with Gasteiger partial charge in [0.2, 0.25) is 5.91 Å². The minimum absolute atomic E-state index is 0.306. The molecule has 1 aliphatic heterocycles. The lowest BCUT2D eigenvalue weighted by molar-refractivity contribution is -0.118. The van der Waals surface area contributed by atoms with E-state index in [0.717, 1.165) is 4.90 Å². The van der Waals surface area contributed by atoms with Crippen molar-refractivity contribution in [1.82, 2.24) is 4.90 Å². The smallest absolute Gasteiger partial charge is 0.262 e. The summed E-state index contributed by atoms with van der Waals surface area (Å²) in [5.74, 6) is -1.75. The van der Waals surface area contributed by atoms with Crippen molar-refractivity contribution in [1.29, 1.82) is 0 Å². The minimum Gasteiger partial charge on any atom is -0.311 e. The van der Waals surface area contributed by atoms with Gasteiger partial charge in [0.05, 0.1) is 11.1 Å². The molecule has 0 aliphatic carbocycles. The molecule has 0 atom stereocenters. The monoisotopic (exact) mass is 326 g/mol. The lowest BCUT2D eigenvalue weighted by Crippen LogP contribution is -2.42. The van der Waals surface area contributed by atoms with Crippen molar-refractivity contribution in [3.8, 4) is 0 Å². The highest BCUT2D eigenvalue weighted by Gasteiger charge is 2.37. The van der Waals surface area contributed by atoms with Crippen molar-refractivity contribution in [2.24, 2.45) is 0 Å². The van der Waals surface area contributed by atoms with Crippen LogP contribution in [0.4, 0.5) is 10.1 Å². The molecule has 5 nitrogen and oxygen atoms in total. The van der Waals surface area contributed by atoms with Crippen LogP contribution in [-0.4, -0.2) is 35.7 Å². The van der Waals surface area contributed by atoms with Gasteiger partial charge in [-0.05, 0) is 43.3 Å². The minimum atomic E-state index is -0.473. The van der Waals surface area contributed by atoms with Crippen molar-refractivity contribution < 1.29 is 18.8 Å². The van der Waals surface area contributed by atoms with Gasteiger partial charge in [-0.1, -0.05) is 12.1 Å². The first-order chi connectivity index (χ1) is 11.5. The van der Waals surface area contributed by atoms with Gasteiger partial charge in [-0.2, -0.15) is 0 Å². The molecule has 3 amide bonds. The van der Waals surface area contributed by atoms with E-state index < -0.39 is 23.5 Å². The molecule has 0 saturated heterocycles. The number of imide groups is 1. The van der Waals surface area contributed by atoms with Gasteiger partial charge >= 0.3 is 0 Å². The zero-order valence-electron chi connectivity index (χ0n) is 13.0. The molecule has 0 N–H and O–H groups in total. The Balaban J connectivity index is 1.81. The van der Waals surface area contributed by atoms with Gasteiger partial charge in [0.25, 0.3) is 11.8 Å². The third kappa shape index (κ3) is 2.67. The van der Waals surface area contributed by atoms with Crippen molar-refractivity contribution in [2.45, 2.75) is 6.92 Å². The summed E-state index contributed by atoms with van der Waals surface area (Å²) in [4.78, 5) is 39.5. The van der Waals surface area contributed by atoms with E-state index in [1.54, 1.807) is 31.2 Å². The summed E-state index contributed by atoms with van der Waals surface area (Å²) in [7, 11) is 0. The average molecular weight is 326 g/mol. The van der Waals surface area contributed by atoms with Gasteiger partial charge in [-0.3, -0.25) is 19.3 Å². The molecule has 0 radical (unpaired) electrons. The summed E-state index contributed by atoms with van der Waals surface area (Å²) in [6.07, 6.45) is 0. The van der Waals surface area contributed by atoms with Crippen molar-refractivity contribution in [3.05, 3.63) is 65.5 Å². The van der Waals surface area contributed by atoms with Crippen LogP contribution >= 0.6 is 0 Å². The Hall–Kier alpha value is -3.02. The maximum absolute atomic E-state index is 13.0. The van der Waals surface area contributed by atoms with Gasteiger partial charge in [-0.25, -0.2) is 4.39 Å². The second kappa shape index (κ2) is 6.23. The molecule has 0 unspecified atom stereocenters. The van der Waals surface area contributed by atoms with Crippen molar-refractivity contribution >= 4 is 23.4 Å². The van der Waals surface area contributed by atoms with E-state index in [-0.39, 0.29) is 6.54 Å². The summed E-state index contributed by atoms with van der Waals surface area (Å²) in [5, 5.41) is 0. The largest absolute Gasteiger partial charge is 0.311 e. The molecule has 2 aromatic carbocycles. The number of likely N-dealkylation sites (N-methyl/N-ethyl adjacent to an activating group) is 1. The maximum Gasteiger partial charge on any atom is 0.262 e. The van der Waals surface area contributed by atoms with Crippen LogP contribution in [0.5, 0.6) is 0 Å². The van der Waals surface area contributed by atoms with E-state index in [2.05, 4.69) is 0 Å². The third-order valence-electron chi connectivity index (χ3n) is 3.93. The highest BCUT2D eigenvalue weighted by atomic mass is 19.1. The number of carbonyl (C=O) groups is 3. The van der Waals surface area contributed by atoms with Crippen LogP contribution in [0.1, 0.15) is 27.6 Å². The average Bonchev–Trinajstić information content (AvgIpc) is 2.83. The summed E-state index contributed by atoms with van der Waals surface area (Å²) in [6.45, 7) is 1.76. The molecule has 1 heterocycles. The van der Waals surface area contributed by atoms with E-state index in [1.807, 2.05) is 0 Å². The second-order valence-corrected chi connectivity index (χ2v) is 5.36. The fourth-order valence-electron chi connectivity index (χ4n) is 2.73. The van der Waals surface area contributed by atoms with Crippen LogP contribution in [0.3, 0.4) is 0 Å². The summed E-state index contributed by atoms with van der Waals surface area (Å²) in [6, 6.07) is 12.0. The molecule has 0 bridgehead atoms. The van der Waals surface area contributed by atoms with Gasteiger partial charge in [-0.15, -0.1) is 0 Å². The molecule has 2 aromatic rings. The van der Waals surface area contributed by atoms with Crippen LogP contribution in [0, 0.1) is 5.82 Å². The fraction of sp³-hybridized carbons (Fsp3) is 0.167. The number of hydrogen-bond acceptors (Lipinski definition) is 3. The zero-order chi connectivity index (χ0) is 17.3. The Morgan fingerprint density at radius 1 is 1.00 bits per heavy atom. The molecule has 0 saturated carbocycles. The number of anilines is 1. The van der Waals surface area contributed by atoms with Crippen LogP contribution < -0.4 is 4.90 Å². The maximum atomic E-state index is 13.0. The first kappa shape index (κ1) is 15.9. The molecule has 24 heavy (non-hydrogen) atoms. The molecule has 122 valence electrons. The molecule has 0 spiro atoms.